The molecule has 0 aliphatic carbocycles. The fraction of sp³-hybridized carbons (Fsp3) is 0.364. The van der Waals surface area contributed by atoms with Gasteiger partial charge in [0.25, 0.3) is 5.91 Å². The smallest absolute Gasteiger partial charge is 0.268 e. The summed E-state index contributed by atoms with van der Waals surface area (Å²) in [4.78, 5) is 29.1. The Balaban J connectivity index is 1.81. The molecule has 0 bridgehead atoms. The quantitative estimate of drug-likeness (QED) is 0.808. The monoisotopic (exact) mass is 380 g/mol. The van der Waals surface area contributed by atoms with Crippen LogP contribution < -0.4 is 4.90 Å². The molecule has 0 radical (unpaired) electrons. The van der Waals surface area contributed by atoms with Crippen LogP contribution in [-0.4, -0.2) is 29.0 Å². The summed E-state index contributed by atoms with van der Waals surface area (Å²) in [5.41, 5.74) is 5.28. The van der Waals surface area contributed by atoms with Gasteiger partial charge in [-0.1, -0.05) is 54.4 Å². The standard InChI is InChI=1S/C22H24N2O2S/c1-4-20(25)24-11-12-27-22(24)18-13-16(3)7-10-19(18)23(21(22)26)14-17-8-5-15(2)6-9-17/h5-10,13H,4,11-12,14H2,1-3H3. The minimum absolute atomic E-state index is 0.00738. The number of nitrogens with zero attached hydrogens (tertiary/aromatic N) is 2. The summed E-state index contributed by atoms with van der Waals surface area (Å²) >= 11 is 1.59. The lowest BCUT2D eigenvalue weighted by Gasteiger charge is -2.33. The molecule has 4 rings (SSSR count). The highest BCUT2D eigenvalue weighted by Crippen LogP contribution is 2.54. The van der Waals surface area contributed by atoms with Crippen LogP contribution in [0, 0.1) is 13.8 Å². The SMILES string of the molecule is CCC(=O)N1CCSC12C(=O)N(Cc1ccc(C)cc1)c1ccc(C)cc12. The first-order valence-electron chi connectivity index (χ1n) is 9.40. The van der Waals surface area contributed by atoms with E-state index in [9.17, 15) is 9.59 Å². The lowest BCUT2D eigenvalue weighted by molar-refractivity contribution is -0.139. The van der Waals surface area contributed by atoms with Crippen LogP contribution in [0.3, 0.4) is 0 Å². The van der Waals surface area contributed by atoms with E-state index < -0.39 is 4.87 Å². The van der Waals surface area contributed by atoms with Gasteiger partial charge in [0.15, 0.2) is 4.87 Å². The molecule has 4 nitrogen and oxygen atoms in total. The number of carbonyl (C=O) groups is 2. The zero-order valence-electron chi connectivity index (χ0n) is 16.0. The maximum atomic E-state index is 13.7. The molecule has 1 atom stereocenters. The van der Waals surface area contributed by atoms with Crippen LogP contribution >= 0.6 is 11.8 Å². The highest BCUT2D eigenvalue weighted by Gasteiger charge is 2.59. The van der Waals surface area contributed by atoms with Gasteiger partial charge in [-0.3, -0.25) is 9.59 Å². The number of hydrogen-bond acceptors (Lipinski definition) is 3. The molecule has 0 saturated carbocycles. The Bertz CT molecular complexity index is 909. The summed E-state index contributed by atoms with van der Waals surface area (Å²) in [7, 11) is 0. The Hall–Kier alpha value is -2.27. The van der Waals surface area contributed by atoms with Gasteiger partial charge in [0.2, 0.25) is 5.91 Å². The van der Waals surface area contributed by atoms with Crippen molar-refractivity contribution in [2.24, 2.45) is 0 Å². The van der Waals surface area contributed by atoms with Crippen LogP contribution in [0.15, 0.2) is 42.5 Å². The van der Waals surface area contributed by atoms with Gasteiger partial charge >= 0.3 is 0 Å². The largest absolute Gasteiger partial charge is 0.315 e. The first-order chi connectivity index (χ1) is 13.0. The second-order valence-corrected chi connectivity index (χ2v) is 8.58. The van der Waals surface area contributed by atoms with Crippen molar-refractivity contribution in [2.45, 2.75) is 38.6 Å². The van der Waals surface area contributed by atoms with Gasteiger partial charge in [-0.05, 0) is 25.5 Å². The highest BCUT2D eigenvalue weighted by molar-refractivity contribution is 8.01. The molecule has 27 heavy (non-hydrogen) atoms. The minimum atomic E-state index is -0.904. The van der Waals surface area contributed by atoms with Crippen LogP contribution in [0.25, 0.3) is 0 Å². The molecule has 0 N–H and O–H groups in total. The van der Waals surface area contributed by atoms with Crippen molar-refractivity contribution in [3.63, 3.8) is 0 Å². The van der Waals surface area contributed by atoms with Gasteiger partial charge in [0.05, 0.1) is 12.2 Å². The van der Waals surface area contributed by atoms with Crippen LogP contribution in [-0.2, 0) is 21.0 Å². The normalized spacial score (nSPS) is 21.2. The van der Waals surface area contributed by atoms with Gasteiger partial charge in [-0.25, -0.2) is 0 Å². The third-order valence-corrected chi connectivity index (χ3v) is 6.83. The summed E-state index contributed by atoms with van der Waals surface area (Å²) in [5, 5.41) is 0. The maximum absolute atomic E-state index is 13.7. The van der Waals surface area contributed by atoms with E-state index in [0.29, 0.717) is 19.5 Å². The molecule has 1 unspecified atom stereocenters. The highest BCUT2D eigenvalue weighted by atomic mass is 32.2. The number of thioether (sulfide) groups is 1. The number of anilines is 1. The number of rotatable bonds is 3. The summed E-state index contributed by atoms with van der Waals surface area (Å²) in [6.07, 6.45) is 0.411. The molecule has 140 valence electrons. The van der Waals surface area contributed by atoms with Crippen molar-refractivity contribution in [3.8, 4) is 0 Å². The summed E-state index contributed by atoms with van der Waals surface area (Å²) in [5.74, 6) is 0.828. The van der Waals surface area contributed by atoms with Gasteiger partial charge in [-0.2, -0.15) is 0 Å². The molecule has 1 spiro atoms. The fourth-order valence-electron chi connectivity index (χ4n) is 4.01. The van der Waals surface area contributed by atoms with E-state index in [4.69, 9.17) is 0 Å². The van der Waals surface area contributed by atoms with E-state index in [-0.39, 0.29) is 11.8 Å². The molecule has 2 amide bonds. The van der Waals surface area contributed by atoms with Crippen LogP contribution in [0.1, 0.15) is 35.6 Å². The van der Waals surface area contributed by atoms with Crippen LogP contribution in [0.2, 0.25) is 0 Å². The zero-order valence-corrected chi connectivity index (χ0v) is 16.8. The molecular formula is C22H24N2O2S. The molecule has 0 aromatic heterocycles. The van der Waals surface area contributed by atoms with Crippen molar-refractivity contribution in [1.82, 2.24) is 4.90 Å². The molecule has 2 aliphatic rings. The second kappa shape index (κ2) is 6.71. The average molecular weight is 381 g/mol. The molecule has 2 aliphatic heterocycles. The van der Waals surface area contributed by atoms with Gasteiger partial charge in [0.1, 0.15) is 0 Å². The summed E-state index contributed by atoms with van der Waals surface area (Å²) < 4.78 is 0. The Morgan fingerprint density at radius 2 is 1.81 bits per heavy atom. The third kappa shape index (κ3) is 2.76. The number of amides is 2. The first kappa shape index (κ1) is 18.1. The molecule has 2 heterocycles. The average Bonchev–Trinajstić information content (AvgIpc) is 3.20. The molecule has 2 aromatic carbocycles. The van der Waals surface area contributed by atoms with Crippen molar-refractivity contribution in [1.29, 1.82) is 0 Å². The predicted octanol–water partition coefficient (Wildman–Crippen LogP) is 3.99. The zero-order chi connectivity index (χ0) is 19.2. The third-order valence-electron chi connectivity index (χ3n) is 5.41. The van der Waals surface area contributed by atoms with E-state index in [2.05, 4.69) is 37.3 Å². The lowest BCUT2D eigenvalue weighted by Crippen LogP contribution is -2.50. The summed E-state index contributed by atoms with van der Waals surface area (Å²) in [6, 6.07) is 14.4. The number of benzene rings is 2. The fourth-order valence-corrected chi connectivity index (χ4v) is 5.48. The van der Waals surface area contributed by atoms with E-state index in [1.807, 2.05) is 30.9 Å². The maximum Gasteiger partial charge on any atom is 0.268 e. The number of carbonyl (C=O) groups excluding carboxylic acids is 2. The minimum Gasteiger partial charge on any atom is -0.315 e. The van der Waals surface area contributed by atoms with Gasteiger partial charge < -0.3 is 9.80 Å². The van der Waals surface area contributed by atoms with Crippen LogP contribution in [0.4, 0.5) is 5.69 Å². The van der Waals surface area contributed by atoms with Crippen molar-refractivity contribution < 1.29 is 9.59 Å². The summed E-state index contributed by atoms with van der Waals surface area (Å²) in [6.45, 7) is 7.09. The molecule has 5 heteroatoms. The number of fused-ring (bicyclic) bond motifs is 2. The van der Waals surface area contributed by atoms with E-state index in [1.165, 1.54) is 5.56 Å². The van der Waals surface area contributed by atoms with Crippen molar-refractivity contribution in [3.05, 3.63) is 64.7 Å². The molecule has 1 fully saturated rings. The predicted molar refractivity (Wildman–Crippen MR) is 110 cm³/mol. The Morgan fingerprint density at radius 1 is 1.11 bits per heavy atom. The van der Waals surface area contributed by atoms with Gasteiger partial charge in [0, 0.05) is 24.3 Å². The Labute approximate surface area is 164 Å². The second-order valence-electron chi connectivity index (χ2n) is 7.29. The van der Waals surface area contributed by atoms with E-state index in [0.717, 1.165) is 28.1 Å². The number of hydrogen-bond donors (Lipinski definition) is 0. The molecular weight excluding hydrogens is 356 g/mol. The molecule has 1 saturated heterocycles. The topological polar surface area (TPSA) is 40.6 Å². The molecule has 2 aromatic rings. The van der Waals surface area contributed by atoms with E-state index >= 15 is 0 Å². The Morgan fingerprint density at radius 3 is 2.52 bits per heavy atom. The van der Waals surface area contributed by atoms with Crippen molar-refractivity contribution >= 4 is 29.3 Å². The number of aryl methyl sites for hydroxylation is 2. The van der Waals surface area contributed by atoms with E-state index in [1.54, 1.807) is 16.7 Å². The lowest BCUT2D eigenvalue weighted by atomic mass is 10.0. The van der Waals surface area contributed by atoms with Gasteiger partial charge in [-0.15, -0.1) is 11.8 Å². The van der Waals surface area contributed by atoms with Crippen LogP contribution in [0.5, 0.6) is 0 Å². The van der Waals surface area contributed by atoms with Crippen molar-refractivity contribution in [2.75, 3.05) is 17.2 Å². The first-order valence-corrected chi connectivity index (χ1v) is 10.4. The Kier molecular flexibility index (Phi) is 4.50.